The number of carbonyl (C=O) groups excluding carboxylic acids is 1. The van der Waals surface area contributed by atoms with Crippen molar-refractivity contribution in [3.05, 3.63) is 29.8 Å². The van der Waals surface area contributed by atoms with Crippen LogP contribution in [0.4, 0.5) is 0 Å². The summed E-state index contributed by atoms with van der Waals surface area (Å²) in [6.07, 6.45) is -0.0577. The summed E-state index contributed by atoms with van der Waals surface area (Å²) in [7, 11) is 1.60. The van der Waals surface area contributed by atoms with Crippen LogP contribution in [0.25, 0.3) is 0 Å². The van der Waals surface area contributed by atoms with E-state index in [2.05, 4.69) is 0 Å². The van der Waals surface area contributed by atoms with Gasteiger partial charge < -0.3 is 19.5 Å². The fourth-order valence-electron chi connectivity index (χ4n) is 1.75. The predicted molar refractivity (Wildman–Crippen MR) is 77.6 cm³/mol. The molecule has 0 aliphatic carbocycles. The third kappa shape index (κ3) is 5.83. The highest BCUT2D eigenvalue weighted by molar-refractivity contribution is 5.94. The van der Waals surface area contributed by atoms with Gasteiger partial charge in [-0.2, -0.15) is 0 Å². The van der Waals surface area contributed by atoms with Crippen molar-refractivity contribution in [2.75, 3.05) is 33.4 Å². The van der Waals surface area contributed by atoms with Crippen LogP contribution < -0.4 is 4.74 Å². The lowest BCUT2D eigenvalue weighted by atomic mass is 10.2. The summed E-state index contributed by atoms with van der Waals surface area (Å²) in [5, 5.41) is 8.68. The number of amides is 1. The number of hydrogen-bond acceptors (Lipinski definition) is 4. The van der Waals surface area contributed by atoms with Crippen LogP contribution in [0.1, 0.15) is 23.7 Å². The number of nitrogens with zero attached hydrogens (tertiary/aromatic N) is 1. The summed E-state index contributed by atoms with van der Waals surface area (Å²) in [6.45, 7) is 3.44. The largest absolute Gasteiger partial charge is 0.491 e. The van der Waals surface area contributed by atoms with Crippen molar-refractivity contribution in [3.8, 4) is 5.75 Å². The Balaban J connectivity index is 2.62. The fourth-order valence-corrected chi connectivity index (χ4v) is 1.75. The van der Waals surface area contributed by atoms with E-state index in [9.17, 15) is 9.59 Å². The Morgan fingerprint density at radius 3 is 2.38 bits per heavy atom. The van der Waals surface area contributed by atoms with E-state index in [4.69, 9.17) is 14.6 Å². The van der Waals surface area contributed by atoms with E-state index >= 15 is 0 Å². The number of aliphatic carboxylic acids is 1. The van der Waals surface area contributed by atoms with Crippen LogP contribution in [0.15, 0.2) is 24.3 Å². The molecule has 0 radical (unpaired) electrons. The van der Waals surface area contributed by atoms with Gasteiger partial charge in [-0.25, -0.2) is 0 Å². The number of carboxylic acid groups (broad SMARTS) is 1. The van der Waals surface area contributed by atoms with Gasteiger partial charge in [-0.05, 0) is 31.2 Å². The summed E-state index contributed by atoms with van der Waals surface area (Å²) in [5.41, 5.74) is 0.515. The van der Waals surface area contributed by atoms with Crippen molar-refractivity contribution in [2.24, 2.45) is 0 Å². The molecular formula is C15H21NO5. The molecule has 0 spiro atoms. The number of rotatable bonds is 9. The second-order valence-corrected chi connectivity index (χ2v) is 4.39. The molecule has 1 amide bonds. The zero-order valence-electron chi connectivity index (χ0n) is 12.4. The zero-order chi connectivity index (χ0) is 15.7. The van der Waals surface area contributed by atoms with Gasteiger partial charge in [0.2, 0.25) is 0 Å². The van der Waals surface area contributed by atoms with E-state index in [-0.39, 0.29) is 18.9 Å². The Labute approximate surface area is 124 Å². The average molecular weight is 295 g/mol. The predicted octanol–water partition coefficient (Wildman–Crippen LogP) is 1.65. The zero-order valence-corrected chi connectivity index (χ0v) is 12.4. The summed E-state index contributed by atoms with van der Waals surface area (Å²) in [5.74, 6) is -0.428. The molecule has 6 heteroatoms. The molecule has 0 heterocycles. The van der Waals surface area contributed by atoms with Crippen molar-refractivity contribution in [2.45, 2.75) is 13.3 Å². The maximum Gasteiger partial charge on any atom is 0.305 e. The van der Waals surface area contributed by atoms with E-state index in [1.54, 1.807) is 31.4 Å². The minimum atomic E-state index is -0.914. The standard InChI is InChI=1S/C15H21NO5/c1-3-16(9-8-14(17)18)15(19)12-4-6-13(7-5-12)21-11-10-20-2/h4-7H,3,8-11H2,1-2H3,(H,17,18). The van der Waals surface area contributed by atoms with E-state index in [1.807, 2.05) is 6.92 Å². The van der Waals surface area contributed by atoms with Gasteiger partial charge in [0.25, 0.3) is 5.91 Å². The number of ether oxygens (including phenoxy) is 2. The highest BCUT2D eigenvalue weighted by Gasteiger charge is 2.15. The van der Waals surface area contributed by atoms with Crippen molar-refractivity contribution in [3.63, 3.8) is 0 Å². The molecule has 6 nitrogen and oxygen atoms in total. The number of benzene rings is 1. The van der Waals surface area contributed by atoms with Gasteiger partial charge in [0.1, 0.15) is 12.4 Å². The highest BCUT2D eigenvalue weighted by atomic mass is 16.5. The minimum Gasteiger partial charge on any atom is -0.491 e. The second-order valence-electron chi connectivity index (χ2n) is 4.39. The quantitative estimate of drug-likeness (QED) is 0.701. The van der Waals surface area contributed by atoms with Crippen molar-refractivity contribution >= 4 is 11.9 Å². The topological polar surface area (TPSA) is 76.1 Å². The lowest BCUT2D eigenvalue weighted by Gasteiger charge is -2.20. The average Bonchev–Trinajstić information content (AvgIpc) is 2.48. The number of carboxylic acids is 1. The Hall–Kier alpha value is -2.08. The molecule has 1 aromatic rings. The maximum absolute atomic E-state index is 12.2. The normalized spacial score (nSPS) is 10.2. The molecule has 1 rings (SSSR count). The third-order valence-corrected chi connectivity index (χ3v) is 2.92. The van der Waals surface area contributed by atoms with Crippen LogP contribution in [-0.2, 0) is 9.53 Å². The van der Waals surface area contributed by atoms with Crippen molar-refractivity contribution < 1.29 is 24.2 Å². The van der Waals surface area contributed by atoms with Crippen molar-refractivity contribution in [1.29, 1.82) is 0 Å². The second kappa shape index (κ2) is 8.97. The van der Waals surface area contributed by atoms with Crippen LogP contribution in [0.5, 0.6) is 5.75 Å². The SMILES string of the molecule is CCN(CCC(=O)O)C(=O)c1ccc(OCCOC)cc1. The molecular weight excluding hydrogens is 274 g/mol. The van der Waals surface area contributed by atoms with Gasteiger partial charge in [0.15, 0.2) is 0 Å². The van der Waals surface area contributed by atoms with Gasteiger partial charge in [0, 0.05) is 25.8 Å². The third-order valence-electron chi connectivity index (χ3n) is 2.92. The van der Waals surface area contributed by atoms with E-state index in [0.717, 1.165) is 0 Å². The Bertz CT molecular complexity index is 458. The fraction of sp³-hybridized carbons (Fsp3) is 0.467. The van der Waals surface area contributed by atoms with Gasteiger partial charge in [-0.1, -0.05) is 0 Å². The molecule has 0 saturated heterocycles. The molecule has 1 N–H and O–H groups in total. The first-order chi connectivity index (χ1) is 10.1. The first-order valence-corrected chi connectivity index (χ1v) is 6.81. The summed E-state index contributed by atoms with van der Waals surface area (Å²) < 4.78 is 10.3. The van der Waals surface area contributed by atoms with Gasteiger partial charge in [-0.15, -0.1) is 0 Å². The van der Waals surface area contributed by atoms with Crippen LogP contribution in [-0.4, -0.2) is 55.3 Å². The lowest BCUT2D eigenvalue weighted by Crippen LogP contribution is -2.32. The molecule has 0 fully saturated rings. The van der Waals surface area contributed by atoms with Crippen LogP contribution >= 0.6 is 0 Å². The molecule has 0 aliphatic rings. The molecule has 0 aromatic heterocycles. The smallest absolute Gasteiger partial charge is 0.305 e. The number of carbonyl (C=O) groups is 2. The molecule has 0 bridgehead atoms. The van der Waals surface area contributed by atoms with Crippen LogP contribution in [0, 0.1) is 0 Å². The molecule has 1 aromatic carbocycles. The first kappa shape index (κ1) is 17.0. The monoisotopic (exact) mass is 295 g/mol. The minimum absolute atomic E-state index is 0.0577. The van der Waals surface area contributed by atoms with E-state index < -0.39 is 5.97 Å². The van der Waals surface area contributed by atoms with Crippen LogP contribution in [0.2, 0.25) is 0 Å². The maximum atomic E-state index is 12.2. The van der Waals surface area contributed by atoms with Gasteiger partial charge in [-0.3, -0.25) is 9.59 Å². The van der Waals surface area contributed by atoms with Gasteiger partial charge in [0.05, 0.1) is 13.0 Å². The Kier molecular flexibility index (Phi) is 7.25. The molecule has 21 heavy (non-hydrogen) atoms. The highest BCUT2D eigenvalue weighted by Crippen LogP contribution is 2.14. The Morgan fingerprint density at radius 1 is 1.19 bits per heavy atom. The lowest BCUT2D eigenvalue weighted by molar-refractivity contribution is -0.137. The van der Waals surface area contributed by atoms with Crippen LogP contribution in [0.3, 0.4) is 0 Å². The molecule has 0 aliphatic heterocycles. The summed E-state index contributed by atoms with van der Waals surface area (Å²) in [4.78, 5) is 24.3. The molecule has 0 unspecified atom stereocenters. The van der Waals surface area contributed by atoms with Gasteiger partial charge >= 0.3 is 5.97 Å². The number of methoxy groups -OCH3 is 1. The Morgan fingerprint density at radius 2 is 1.86 bits per heavy atom. The molecule has 116 valence electrons. The molecule has 0 saturated carbocycles. The first-order valence-electron chi connectivity index (χ1n) is 6.81. The number of hydrogen-bond donors (Lipinski definition) is 1. The van der Waals surface area contributed by atoms with E-state index in [1.165, 1.54) is 4.90 Å². The van der Waals surface area contributed by atoms with Crippen molar-refractivity contribution in [1.82, 2.24) is 4.90 Å². The molecule has 0 atom stereocenters. The summed E-state index contributed by atoms with van der Waals surface area (Å²) >= 11 is 0. The van der Waals surface area contributed by atoms with E-state index in [0.29, 0.717) is 31.1 Å². The summed E-state index contributed by atoms with van der Waals surface area (Å²) in [6, 6.07) is 6.78.